The highest BCUT2D eigenvalue weighted by atomic mass is 31.2. The van der Waals surface area contributed by atoms with Crippen molar-refractivity contribution < 1.29 is 75.8 Å². The molecule has 5 unspecified atom stereocenters. The Bertz CT molecular complexity index is 2990. The topological polar surface area (TPSA) is 231 Å². The molecule has 127 heavy (non-hydrogen) atoms. The van der Waals surface area contributed by atoms with Gasteiger partial charge in [0.05, 0.1) is 26.4 Å². The average molecular weight is 1820 g/mol. The normalized spacial score (nSPS) is 14.4. The van der Waals surface area contributed by atoms with Crippen LogP contribution in [0.2, 0.25) is 0 Å². The second kappa shape index (κ2) is 99.9. The molecule has 0 saturated heterocycles. The molecule has 0 bridgehead atoms. The lowest BCUT2D eigenvalue weighted by Gasteiger charge is -2.21. The minimum absolute atomic E-state index is 0.0995. The molecular weight excluding hydrogens is 1630 g/mol. The van der Waals surface area contributed by atoms with Gasteiger partial charge in [0.15, 0.2) is 6.10 Å². The van der Waals surface area contributed by atoms with Crippen LogP contribution in [0.1, 0.15) is 445 Å². The number of aliphatic hydroxyl groups is 2. The summed E-state index contributed by atoms with van der Waals surface area (Å²) in [5.41, 5.74) is 0. The van der Waals surface area contributed by atoms with Crippen LogP contribution in [-0.2, 0) is 55.8 Å². The van der Waals surface area contributed by atoms with E-state index in [-0.39, 0.29) is 19.3 Å². The maximum atomic E-state index is 13.1. The summed E-state index contributed by atoms with van der Waals surface area (Å²) in [7, 11) is -9.82. The summed E-state index contributed by atoms with van der Waals surface area (Å²) in [6, 6.07) is 0. The molecule has 0 radical (unpaired) electrons. The number of carbonyl (C=O) groups is 3. The Morgan fingerprint density at radius 2 is 0.417 bits per heavy atom. The van der Waals surface area contributed by atoms with Crippen molar-refractivity contribution >= 4 is 33.6 Å². The molecule has 0 aliphatic heterocycles. The van der Waals surface area contributed by atoms with E-state index in [4.69, 9.17) is 32.3 Å². The molecule has 0 aromatic carbocycles. The van der Waals surface area contributed by atoms with Crippen molar-refractivity contribution in [2.24, 2.45) is 0 Å². The van der Waals surface area contributed by atoms with Crippen molar-refractivity contribution in [2.75, 3.05) is 39.6 Å². The summed E-state index contributed by atoms with van der Waals surface area (Å²) in [5.74, 6) is -1.56. The van der Waals surface area contributed by atoms with Crippen LogP contribution in [0.25, 0.3) is 0 Å². The molecule has 0 fully saturated rings. The maximum absolute atomic E-state index is 13.1. The molecule has 0 rings (SSSR count). The van der Waals surface area contributed by atoms with Crippen molar-refractivity contribution in [2.45, 2.75) is 463 Å². The Hall–Kier alpha value is -5.09. The van der Waals surface area contributed by atoms with E-state index >= 15 is 0 Å². The number of unbranched alkanes of at least 4 members (excludes halogenated alkanes) is 46. The fourth-order valence-corrected chi connectivity index (χ4v) is 15.8. The van der Waals surface area contributed by atoms with Gasteiger partial charge in [-0.1, -0.05) is 441 Å². The second-order valence-corrected chi connectivity index (χ2v) is 37.1. The predicted octanol–water partition coefficient (Wildman–Crippen LogP) is 32.6. The van der Waals surface area contributed by atoms with Crippen molar-refractivity contribution in [1.29, 1.82) is 0 Å². The Kier molecular flexibility index (Phi) is 95.9. The summed E-state index contributed by atoms with van der Waals surface area (Å²) >= 11 is 0. The van der Waals surface area contributed by atoms with Crippen molar-refractivity contribution in [3.63, 3.8) is 0 Å². The number of phosphoric acid groups is 2. The SMILES string of the molecule is CC/C=C\C/C=C\C/C=C\C/C=C\C/C=C\CCCCCCCCCCCCCCCC(=O)OCC(COP(=O)(O)OCC(O)COP(=O)(O)OCC(O)COC(=O)CCCCCCCCCCCCCCCCCCC/C=C\C/C=C\C/C=C\C/C=C\CCCCC)OC(=O)CCCCCCCCCCCCCCC/C=C\C/C=C\C/C=C\C/C=C\C/C=C\CC. The summed E-state index contributed by atoms with van der Waals surface area (Å²) in [6.07, 6.45) is 131. The monoisotopic (exact) mass is 1820 g/mol. The van der Waals surface area contributed by atoms with Gasteiger partial charge in [-0.15, -0.1) is 0 Å². The lowest BCUT2D eigenvalue weighted by atomic mass is 10.0. The first kappa shape index (κ1) is 122. The number of allylic oxidation sites excluding steroid dienone is 28. The van der Waals surface area contributed by atoms with Crippen LogP contribution >= 0.6 is 15.6 Å². The number of hydrogen-bond donors (Lipinski definition) is 4. The van der Waals surface area contributed by atoms with E-state index in [9.17, 15) is 43.5 Å². The number of carbonyl (C=O) groups excluding carboxylic acids is 3. The molecule has 4 N–H and O–H groups in total. The van der Waals surface area contributed by atoms with Crippen LogP contribution in [0.3, 0.4) is 0 Å². The molecule has 18 heteroatoms. The first-order chi connectivity index (χ1) is 62.2. The minimum Gasteiger partial charge on any atom is -0.463 e. The zero-order valence-corrected chi connectivity index (χ0v) is 82.7. The molecule has 0 aromatic heterocycles. The van der Waals surface area contributed by atoms with Crippen LogP contribution < -0.4 is 0 Å². The van der Waals surface area contributed by atoms with E-state index in [0.29, 0.717) is 19.3 Å². The Morgan fingerprint density at radius 1 is 0.228 bits per heavy atom. The first-order valence-electron chi connectivity index (χ1n) is 51.4. The van der Waals surface area contributed by atoms with Gasteiger partial charge < -0.3 is 34.2 Å². The highest BCUT2D eigenvalue weighted by molar-refractivity contribution is 7.47. The summed E-state index contributed by atoms with van der Waals surface area (Å²) in [5, 5.41) is 20.8. The van der Waals surface area contributed by atoms with Crippen LogP contribution in [0.15, 0.2) is 170 Å². The molecule has 0 spiro atoms. The van der Waals surface area contributed by atoms with E-state index in [2.05, 4.69) is 191 Å². The highest BCUT2D eigenvalue weighted by Gasteiger charge is 2.30. The fourth-order valence-electron chi connectivity index (χ4n) is 14.2. The van der Waals surface area contributed by atoms with E-state index in [1.54, 1.807) is 0 Å². The number of hydrogen-bond acceptors (Lipinski definition) is 14. The molecule has 0 aromatic rings. The zero-order chi connectivity index (χ0) is 92.1. The molecule has 0 saturated carbocycles. The zero-order valence-electron chi connectivity index (χ0n) is 80.9. The molecule has 730 valence electrons. The van der Waals surface area contributed by atoms with Gasteiger partial charge in [-0.25, -0.2) is 9.13 Å². The quantitative estimate of drug-likeness (QED) is 0.0146. The van der Waals surface area contributed by atoms with E-state index in [1.807, 2.05) is 0 Å². The first-order valence-corrected chi connectivity index (χ1v) is 54.4. The molecule has 5 atom stereocenters. The van der Waals surface area contributed by atoms with Crippen molar-refractivity contribution in [3.05, 3.63) is 170 Å². The van der Waals surface area contributed by atoms with Gasteiger partial charge >= 0.3 is 33.6 Å². The molecule has 16 nitrogen and oxygen atoms in total. The number of rotatable bonds is 97. The van der Waals surface area contributed by atoms with E-state index in [1.165, 1.54) is 218 Å². The predicted molar refractivity (Wildman–Crippen MR) is 537 cm³/mol. The minimum atomic E-state index is -4.95. The number of esters is 3. The van der Waals surface area contributed by atoms with E-state index in [0.717, 1.165) is 167 Å². The van der Waals surface area contributed by atoms with Crippen LogP contribution in [0.5, 0.6) is 0 Å². The lowest BCUT2D eigenvalue weighted by Crippen LogP contribution is -2.30. The number of ether oxygens (including phenoxy) is 3. The number of aliphatic hydroxyl groups excluding tert-OH is 2. The average Bonchev–Trinajstić information content (AvgIpc) is 0.899. The van der Waals surface area contributed by atoms with Gasteiger partial charge in [0.25, 0.3) is 0 Å². The van der Waals surface area contributed by atoms with Gasteiger partial charge in [0.1, 0.15) is 25.4 Å². The molecule has 0 heterocycles. The summed E-state index contributed by atoms with van der Waals surface area (Å²) in [4.78, 5) is 59.2. The second-order valence-electron chi connectivity index (χ2n) is 34.2. The van der Waals surface area contributed by atoms with Gasteiger partial charge in [0, 0.05) is 19.3 Å². The van der Waals surface area contributed by atoms with Gasteiger partial charge in [-0.05, 0) is 154 Å². The van der Waals surface area contributed by atoms with Crippen molar-refractivity contribution in [1.82, 2.24) is 0 Å². The smallest absolute Gasteiger partial charge is 0.463 e. The summed E-state index contributed by atoms with van der Waals surface area (Å²) in [6.45, 7) is 2.51. The third-order valence-corrected chi connectivity index (χ3v) is 23.8. The third-order valence-electron chi connectivity index (χ3n) is 21.9. The van der Waals surface area contributed by atoms with Crippen LogP contribution in [0, 0.1) is 0 Å². The van der Waals surface area contributed by atoms with Gasteiger partial charge in [-0.2, -0.15) is 0 Å². The molecule has 0 amide bonds. The Balaban J connectivity index is 4.60. The fraction of sp³-hybridized carbons (Fsp3) is 0.716. The standard InChI is InChI=1S/C109H188O16P2/c1-4-7-10-13-16-19-22-25-28-31-34-37-40-43-46-49-50-51-52-55-57-59-62-65-68-71-74-77-80-83-86-89-92-95-107(112)119-98-104(110)99-121-126(115,116)122-100-105(111)101-123-127(117,118)124-103-106(125-109(114)97-94-91-88-85-82-79-76-73-70-67-64-61-58-54-48-45-42-39-36-33-30-27-24-21-18-15-12-9-6-3)102-120-108(113)96-93-90-87-84-81-78-75-72-69-66-63-60-56-53-47-44-41-38-35-32-29-26-23-20-17-14-11-8-5-2/h8-9,11-12,16-21,25-30,34-39,43-48,104-106,110-111H,4-7,10,13-15,22-24,31-33,40-42,49-103H2,1-3H3,(H,115,116)(H,117,118)/b11-8-,12-9-,19-16-,20-17-,21-18-,28-25-,29-26-,30-27-,37-34-,38-35-,39-36-,46-43-,47-44-,48-45-. The Morgan fingerprint density at radius 3 is 0.661 bits per heavy atom. The summed E-state index contributed by atoms with van der Waals surface area (Å²) < 4.78 is 61.7. The number of phosphoric ester groups is 2. The van der Waals surface area contributed by atoms with Gasteiger partial charge in [-0.3, -0.25) is 32.5 Å². The maximum Gasteiger partial charge on any atom is 0.472 e. The molecule has 0 aliphatic carbocycles. The van der Waals surface area contributed by atoms with Gasteiger partial charge in [0.2, 0.25) is 0 Å². The largest absolute Gasteiger partial charge is 0.472 e. The highest BCUT2D eigenvalue weighted by Crippen LogP contribution is 2.45. The molecular formula is C109H188O16P2. The third kappa shape index (κ3) is 101. The molecule has 0 aliphatic rings. The van der Waals surface area contributed by atoms with Crippen molar-refractivity contribution in [3.8, 4) is 0 Å². The Labute approximate surface area is 777 Å². The lowest BCUT2D eigenvalue weighted by molar-refractivity contribution is -0.161. The van der Waals surface area contributed by atoms with Crippen LogP contribution in [0.4, 0.5) is 0 Å². The van der Waals surface area contributed by atoms with E-state index < -0.39 is 91.5 Å². The van der Waals surface area contributed by atoms with Crippen LogP contribution in [-0.4, -0.2) is 95.9 Å².